The van der Waals surface area contributed by atoms with Gasteiger partial charge >= 0.3 is 0 Å². The highest BCUT2D eigenvalue weighted by Crippen LogP contribution is 2.18. The molecule has 170 valence electrons. The second-order valence-electron chi connectivity index (χ2n) is 8.61. The lowest BCUT2D eigenvalue weighted by Gasteiger charge is -2.39. The molecule has 0 spiro atoms. The molecule has 5 heteroatoms. The standard InChI is InChI=1S/C28H31N3O2/c1-30(21-24-15-9-4-10-16-24)28(33)26(20-23-13-7-3-8-14-23)31-18-17-29-25(27(31)32)19-22-11-5-2-6-12-22/h2-16,25-26,29H,17-21H2,1H3/t25-,26+/m0/s1. The lowest BCUT2D eigenvalue weighted by atomic mass is 9.98. The van der Waals surface area contributed by atoms with Crippen molar-refractivity contribution in [1.82, 2.24) is 15.1 Å². The first-order valence-electron chi connectivity index (χ1n) is 11.5. The number of carbonyl (C=O) groups excluding carboxylic acids is 2. The summed E-state index contributed by atoms with van der Waals surface area (Å²) in [6.45, 7) is 1.70. The predicted octanol–water partition coefficient (Wildman–Crippen LogP) is 3.30. The minimum Gasteiger partial charge on any atom is -0.340 e. The molecule has 2 atom stereocenters. The van der Waals surface area contributed by atoms with Gasteiger partial charge in [-0.15, -0.1) is 0 Å². The Kier molecular flexibility index (Phi) is 7.53. The van der Waals surface area contributed by atoms with E-state index in [4.69, 9.17) is 0 Å². The summed E-state index contributed by atoms with van der Waals surface area (Å²) in [7, 11) is 1.82. The summed E-state index contributed by atoms with van der Waals surface area (Å²) in [6, 6.07) is 29.1. The van der Waals surface area contributed by atoms with Crippen molar-refractivity contribution in [3.05, 3.63) is 108 Å². The Labute approximate surface area is 196 Å². The number of carbonyl (C=O) groups is 2. The van der Waals surface area contributed by atoms with E-state index in [0.717, 1.165) is 16.7 Å². The molecule has 1 heterocycles. The van der Waals surface area contributed by atoms with E-state index in [1.807, 2.05) is 98.0 Å². The van der Waals surface area contributed by atoms with E-state index in [-0.39, 0.29) is 17.9 Å². The molecule has 3 aromatic rings. The first kappa shape index (κ1) is 22.7. The molecule has 0 saturated carbocycles. The minimum absolute atomic E-state index is 0.00695. The number of hydrogen-bond donors (Lipinski definition) is 1. The Bertz CT molecular complexity index is 1040. The topological polar surface area (TPSA) is 52.7 Å². The largest absolute Gasteiger partial charge is 0.340 e. The molecular formula is C28H31N3O2. The van der Waals surface area contributed by atoms with Crippen LogP contribution < -0.4 is 5.32 Å². The summed E-state index contributed by atoms with van der Waals surface area (Å²) in [5.41, 5.74) is 3.23. The Morgan fingerprint density at radius 1 is 0.909 bits per heavy atom. The van der Waals surface area contributed by atoms with E-state index in [1.165, 1.54) is 0 Å². The lowest BCUT2D eigenvalue weighted by Crippen LogP contribution is -2.62. The Hall–Kier alpha value is -3.44. The Morgan fingerprint density at radius 3 is 2.06 bits per heavy atom. The average Bonchev–Trinajstić information content (AvgIpc) is 2.85. The summed E-state index contributed by atoms with van der Waals surface area (Å²) in [5.74, 6) is -0.0380. The third kappa shape index (κ3) is 5.88. The van der Waals surface area contributed by atoms with Gasteiger partial charge in [0.2, 0.25) is 11.8 Å². The van der Waals surface area contributed by atoms with Gasteiger partial charge in [0.15, 0.2) is 0 Å². The van der Waals surface area contributed by atoms with Crippen LogP contribution in [0.15, 0.2) is 91.0 Å². The van der Waals surface area contributed by atoms with Crippen molar-refractivity contribution in [1.29, 1.82) is 0 Å². The van der Waals surface area contributed by atoms with Crippen molar-refractivity contribution < 1.29 is 9.59 Å². The first-order valence-corrected chi connectivity index (χ1v) is 11.5. The van der Waals surface area contributed by atoms with E-state index in [9.17, 15) is 9.59 Å². The van der Waals surface area contributed by atoms with E-state index in [1.54, 1.807) is 9.80 Å². The van der Waals surface area contributed by atoms with Crippen molar-refractivity contribution in [3.8, 4) is 0 Å². The second-order valence-corrected chi connectivity index (χ2v) is 8.61. The zero-order valence-electron chi connectivity index (χ0n) is 19.1. The summed E-state index contributed by atoms with van der Waals surface area (Å²) in [4.78, 5) is 30.7. The monoisotopic (exact) mass is 441 g/mol. The number of hydrogen-bond acceptors (Lipinski definition) is 3. The van der Waals surface area contributed by atoms with Crippen LogP contribution in [0.1, 0.15) is 16.7 Å². The molecule has 0 aliphatic carbocycles. The van der Waals surface area contributed by atoms with Crippen molar-refractivity contribution >= 4 is 11.8 Å². The van der Waals surface area contributed by atoms with Crippen LogP contribution in [0.25, 0.3) is 0 Å². The van der Waals surface area contributed by atoms with Gasteiger partial charge in [0.05, 0.1) is 6.04 Å². The third-order valence-electron chi connectivity index (χ3n) is 6.18. The van der Waals surface area contributed by atoms with Gasteiger partial charge in [-0.25, -0.2) is 0 Å². The van der Waals surface area contributed by atoms with Gasteiger partial charge in [-0.2, -0.15) is 0 Å². The van der Waals surface area contributed by atoms with E-state index < -0.39 is 6.04 Å². The molecule has 0 radical (unpaired) electrons. The maximum Gasteiger partial charge on any atom is 0.245 e. The molecule has 1 aliphatic rings. The zero-order valence-corrected chi connectivity index (χ0v) is 19.1. The maximum absolute atomic E-state index is 13.7. The van der Waals surface area contributed by atoms with Crippen LogP contribution in [-0.4, -0.2) is 53.8 Å². The highest BCUT2D eigenvalue weighted by atomic mass is 16.2. The number of nitrogens with one attached hydrogen (secondary N) is 1. The molecule has 3 aromatic carbocycles. The predicted molar refractivity (Wildman–Crippen MR) is 130 cm³/mol. The fraction of sp³-hybridized carbons (Fsp3) is 0.286. The van der Waals surface area contributed by atoms with Crippen LogP contribution in [0.4, 0.5) is 0 Å². The van der Waals surface area contributed by atoms with Gasteiger partial charge in [0, 0.05) is 33.1 Å². The summed E-state index contributed by atoms with van der Waals surface area (Å²) >= 11 is 0. The fourth-order valence-electron chi connectivity index (χ4n) is 4.43. The molecule has 0 aromatic heterocycles. The van der Waals surface area contributed by atoms with E-state index in [2.05, 4.69) is 5.32 Å². The van der Waals surface area contributed by atoms with Crippen LogP contribution in [0.3, 0.4) is 0 Å². The third-order valence-corrected chi connectivity index (χ3v) is 6.18. The van der Waals surface area contributed by atoms with Crippen LogP contribution in [0, 0.1) is 0 Å². The SMILES string of the molecule is CN(Cc1ccccc1)C(=O)[C@@H](Cc1ccccc1)N1CCN[C@@H](Cc2ccccc2)C1=O. The molecule has 4 rings (SSSR count). The minimum atomic E-state index is -0.533. The first-order chi connectivity index (χ1) is 16.1. The fourth-order valence-corrected chi connectivity index (χ4v) is 4.43. The molecule has 1 aliphatic heterocycles. The second kappa shape index (κ2) is 10.9. The van der Waals surface area contributed by atoms with Gasteiger partial charge in [0.1, 0.15) is 6.04 Å². The normalized spacial score (nSPS) is 16.9. The van der Waals surface area contributed by atoms with Crippen molar-refractivity contribution in [3.63, 3.8) is 0 Å². The highest BCUT2D eigenvalue weighted by molar-refractivity contribution is 5.90. The molecule has 0 unspecified atom stereocenters. The molecular weight excluding hydrogens is 410 g/mol. The highest BCUT2D eigenvalue weighted by Gasteiger charge is 2.37. The van der Waals surface area contributed by atoms with Crippen LogP contribution in [-0.2, 0) is 29.0 Å². The number of rotatable bonds is 8. The number of benzene rings is 3. The number of likely N-dealkylation sites (N-methyl/N-ethyl adjacent to an activating group) is 1. The van der Waals surface area contributed by atoms with Crippen LogP contribution in [0.5, 0.6) is 0 Å². The molecule has 1 saturated heterocycles. The van der Waals surface area contributed by atoms with Crippen LogP contribution >= 0.6 is 0 Å². The summed E-state index contributed by atoms with van der Waals surface area (Å²) in [6.07, 6.45) is 1.12. The Balaban J connectivity index is 1.55. The van der Waals surface area contributed by atoms with Crippen molar-refractivity contribution in [2.75, 3.05) is 20.1 Å². The molecule has 1 fully saturated rings. The smallest absolute Gasteiger partial charge is 0.245 e. The lowest BCUT2D eigenvalue weighted by molar-refractivity contribution is -0.148. The average molecular weight is 442 g/mol. The van der Waals surface area contributed by atoms with Crippen molar-refractivity contribution in [2.45, 2.75) is 31.5 Å². The van der Waals surface area contributed by atoms with E-state index >= 15 is 0 Å². The van der Waals surface area contributed by atoms with Crippen LogP contribution in [0.2, 0.25) is 0 Å². The Morgan fingerprint density at radius 2 is 1.45 bits per heavy atom. The molecule has 5 nitrogen and oxygen atoms in total. The number of nitrogens with zero attached hydrogens (tertiary/aromatic N) is 2. The quantitative estimate of drug-likeness (QED) is 0.584. The number of amides is 2. The molecule has 2 amide bonds. The molecule has 0 bridgehead atoms. The number of piperazine rings is 1. The van der Waals surface area contributed by atoms with Gasteiger partial charge in [0.25, 0.3) is 0 Å². The zero-order chi connectivity index (χ0) is 23.0. The van der Waals surface area contributed by atoms with Gasteiger partial charge in [-0.3, -0.25) is 9.59 Å². The molecule has 1 N–H and O–H groups in total. The van der Waals surface area contributed by atoms with E-state index in [0.29, 0.717) is 32.5 Å². The maximum atomic E-state index is 13.7. The van der Waals surface area contributed by atoms with Gasteiger partial charge in [-0.05, 0) is 23.1 Å². The summed E-state index contributed by atoms with van der Waals surface area (Å²) < 4.78 is 0. The molecule has 33 heavy (non-hydrogen) atoms. The van der Waals surface area contributed by atoms with Gasteiger partial charge in [-0.1, -0.05) is 91.0 Å². The van der Waals surface area contributed by atoms with Gasteiger partial charge < -0.3 is 15.1 Å². The van der Waals surface area contributed by atoms with Crippen molar-refractivity contribution in [2.24, 2.45) is 0 Å². The summed E-state index contributed by atoms with van der Waals surface area (Å²) in [5, 5.41) is 3.36.